The summed E-state index contributed by atoms with van der Waals surface area (Å²) < 4.78 is 10.2. The van der Waals surface area contributed by atoms with Crippen LogP contribution in [0.3, 0.4) is 0 Å². The number of aryl methyl sites for hydroxylation is 1. The van der Waals surface area contributed by atoms with E-state index in [-0.39, 0.29) is 5.56 Å². The molecule has 0 unspecified atom stereocenters. The molecule has 186 valence electrons. The van der Waals surface area contributed by atoms with Gasteiger partial charge in [0.1, 0.15) is 17.0 Å². The molecule has 0 aliphatic carbocycles. The molecular formula is C25H23Br2N5O4. The SMILES string of the molecule is COc1cc(N=Cc2c(O)n(-c3ccc(Br)c(C)c3C)c(=O)[nH]c2=O)ccc1-n1nc(C)c(Br)c1C. The minimum absolute atomic E-state index is 0.153. The first-order valence-electron chi connectivity index (χ1n) is 10.8. The second kappa shape index (κ2) is 9.90. The number of aromatic nitrogens is 4. The zero-order valence-electron chi connectivity index (χ0n) is 20.2. The van der Waals surface area contributed by atoms with Gasteiger partial charge in [-0.1, -0.05) is 15.9 Å². The van der Waals surface area contributed by atoms with Crippen LogP contribution in [0.1, 0.15) is 28.1 Å². The molecule has 2 heterocycles. The van der Waals surface area contributed by atoms with Crippen LogP contribution in [0, 0.1) is 27.7 Å². The maximum Gasteiger partial charge on any atom is 0.335 e. The molecular weight excluding hydrogens is 594 g/mol. The number of aromatic hydroxyl groups is 1. The lowest BCUT2D eigenvalue weighted by Crippen LogP contribution is -2.31. The lowest BCUT2D eigenvalue weighted by Gasteiger charge is -2.14. The van der Waals surface area contributed by atoms with Gasteiger partial charge in [0.05, 0.1) is 34.3 Å². The Labute approximate surface area is 223 Å². The minimum Gasteiger partial charge on any atom is -0.494 e. The summed E-state index contributed by atoms with van der Waals surface area (Å²) in [4.78, 5) is 31.8. The third-order valence-electron chi connectivity index (χ3n) is 5.99. The second-order valence-corrected chi connectivity index (χ2v) is 9.81. The van der Waals surface area contributed by atoms with Crippen molar-refractivity contribution in [2.75, 3.05) is 7.11 Å². The number of halogens is 2. The fourth-order valence-corrected chi connectivity index (χ4v) is 4.49. The molecule has 0 bridgehead atoms. The topological polar surface area (TPSA) is 115 Å². The van der Waals surface area contributed by atoms with Crippen molar-refractivity contribution in [2.45, 2.75) is 27.7 Å². The number of benzene rings is 2. The molecule has 2 aromatic heterocycles. The number of H-pyrrole nitrogens is 1. The predicted octanol–water partition coefficient (Wildman–Crippen LogP) is 4.93. The first kappa shape index (κ1) is 25.6. The highest BCUT2D eigenvalue weighted by atomic mass is 79.9. The standard InChI is InChI=1S/C25H23Br2N5O4/c1-12-13(2)19(9-7-18(12)26)31-24(34)17(23(33)29-25(31)35)11-28-16-6-8-20(21(10-16)36-5)32-15(4)22(27)14(3)30-32/h6-11,34H,1-5H3,(H,29,33,35). The van der Waals surface area contributed by atoms with E-state index in [1.165, 1.54) is 6.21 Å². The van der Waals surface area contributed by atoms with Gasteiger partial charge in [0, 0.05) is 16.8 Å². The Bertz CT molecular complexity index is 1650. The van der Waals surface area contributed by atoms with Crippen molar-refractivity contribution in [3.05, 3.63) is 88.2 Å². The smallest absolute Gasteiger partial charge is 0.335 e. The van der Waals surface area contributed by atoms with Gasteiger partial charge in [0.25, 0.3) is 5.56 Å². The third kappa shape index (κ3) is 4.44. The lowest BCUT2D eigenvalue weighted by atomic mass is 10.1. The van der Waals surface area contributed by atoms with Crippen molar-refractivity contribution in [3.8, 4) is 23.0 Å². The van der Waals surface area contributed by atoms with E-state index in [0.29, 0.717) is 17.1 Å². The Morgan fingerprint density at radius 1 is 1.06 bits per heavy atom. The molecule has 4 rings (SSSR count). The maximum absolute atomic E-state index is 12.6. The van der Waals surface area contributed by atoms with Crippen molar-refractivity contribution >= 4 is 43.8 Å². The van der Waals surface area contributed by atoms with Crippen molar-refractivity contribution in [2.24, 2.45) is 4.99 Å². The third-order valence-corrected chi connectivity index (χ3v) is 8.00. The first-order chi connectivity index (χ1) is 17.0. The molecule has 0 aliphatic heterocycles. The molecule has 0 saturated heterocycles. The molecule has 0 saturated carbocycles. The summed E-state index contributed by atoms with van der Waals surface area (Å²) in [5.74, 6) is 0.0141. The Morgan fingerprint density at radius 3 is 2.39 bits per heavy atom. The number of rotatable bonds is 5. The molecule has 9 nitrogen and oxygen atoms in total. The molecule has 0 radical (unpaired) electrons. The van der Waals surface area contributed by atoms with Gasteiger partial charge in [0.2, 0.25) is 5.88 Å². The number of hydrogen-bond donors (Lipinski definition) is 2. The predicted molar refractivity (Wildman–Crippen MR) is 146 cm³/mol. The van der Waals surface area contributed by atoms with E-state index in [9.17, 15) is 14.7 Å². The first-order valence-corrected chi connectivity index (χ1v) is 12.4. The number of hydrogen-bond acceptors (Lipinski definition) is 6. The van der Waals surface area contributed by atoms with Crippen LogP contribution in [0.15, 0.2) is 53.9 Å². The average Bonchev–Trinajstić information content (AvgIpc) is 3.10. The van der Waals surface area contributed by atoms with Gasteiger partial charge < -0.3 is 9.84 Å². The van der Waals surface area contributed by atoms with Crippen LogP contribution in [-0.2, 0) is 0 Å². The van der Waals surface area contributed by atoms with Crippen LogP contribution in [0.4, 0.5) is 5.69 Å². The van der Waals surface area contributed by atoms with Crippen molar-refractivity contribution in [1.82, 2.24) is 19.3 Å². The second-order valence-electron chi connectivity index (χ2n) is 8.16. The van der Waals surface area contributed by atoms with Crippen LogP contribution >= 0.6 is 31.9 Å². The van der Waals surface area contributed by atoms with Crippen molar-refractivity contribution in [3.63, 3.8) is 0 Å². The van der Waals surface area contributed by atoms with E-state index in [1.54, 1.807) is 42.1 Å². The maximum atomic E-state index is 12.6. The largest absolute Gasteiger partial charge is 0.494 e. The summed E-state index contributed by atoms with van der Waals surface area (Å²) >= 11 is 6.99. The molecule has 36 heavy (non-hydrogen) atoms. The van der Waals surface area contributed by atoms with Gasteiger partial charge in [-0.05, 0) is 79.0 Å². The van der Waals surface area contributed by atoms with E-state index in [2.05, 4.69) is 46.9 Å². The molecule has 0 atom stereocenters. The van der Waals surface area contributed by atoms with Gasteiger partial charge in [-0.25, -0.2) is 14.0 Å². The lowest BCUT2D eigenvalue weighted by molar-refractivity contribution is 0.411. The number of aliphatic imine (C=N–C) groups is 1. The van der Waals surface area contributed by atoms with E-state index < -0.39 is 17.1 Å². The Balaban J connectivity index is 1.78. The van der Waals surface area contributed by atoms with Crippen molar-refractivity contribution < 1.29 is 9.84 Å². The fourth-order valence-electron chi connectivity index (χ4n) is 3.81. The molecule has 0 aliphatic rings. The summed E-state index contributed by atoms with van der Waals surface area (Å²) in [6, 6.07) is 8.70. The van der Waals surface area contributed by atoms with Gasteiger partial charge in [0.15, 0.2) is 0 Å². The highest BCUT2D eigenvalue weighted by Gasteiger charge is 2.18. The molecule has 0 fully saturated rings. The zero-order chi connectivity index (χ0) is 26.3. The Morgan fingerprint density at radius 2 is 1.75 bits per heavy atom. The van der Waals surface area contributed by atoms with Crippen LogP contribution in [0.2, 0.25) is 0 Å². The average molecular weight is 617 g/mol. The summed E-state index contributed by atoms with van der Waals surface area (Å²) in [6.45, 7) is 7.56. The number of methoxy groups -OCH3 is 1. The molecule has 2 N–H and O–H groups in total. The fraction of sp³-hybridized carbons (Fsp3) is 0.200. The van der Waals surface area contributed by atoms with Crippen molar-refractivity contribution in [1.29, 1.82) is 0 Å². The van der Waals surface area contributed by atoms with Crippen LogP contribution in [-0.4, -0.2) is 37.8 Å². The molecule has 4 aromatic rings. The van der Waals surface area contributed by atoms with Crippen LogP contribution in [0.5, 0.6) is 11.6 Å². The summed E-state index contributed by atoms with van der Waals surface area (Å²) in [7, 11) is 1.54. The summed E-state index contributed by atoms with van der Waals surface area (Å²) in [5, 5.41) is 15.5. The highest BCUT2D eigenvalue weighted by Crippen LogP contribution is 2.32. The molecule has 2 aromatic carbocycles. The normalized spacial score (nSPS) is 11.4. The minimum atomic E-state index is -0.750. The van der Waals surface area contributed by atoms with E-state index >= 15 is 0 Å². The summed E-state index contributed by atoms with van der Waals surface area (Å²) in [5.41, 5.74) is 3.43. The molecule has 0 spiro atoms. The monoisotopic (exact) mass is 615 g/mol. The van der Waals surface area contributed by atoms with Gasteiger partial charge >= 0.3 is 5.69 Å². The van der Waals surface area contributed by atoms with E-state index in [4.69, 9.17) is 4.74 Å². The number of nitrogens with one attached hydrogen (secondary N) is 1. The zero-order valence-corrected chi connectivity index (χ0v) is 23.4. The Kier molecular flexibility index (Phi) is 7.05. The van der Waals surface area contributed by atoms with E-state index in [1.807, 2.05) is 27.7 Å². The Hall–Kier alpha value is -3.44. The molecule has 11 heteroatoms. The van der Waals surface area contributed by atoms with Gasteiger partial charge in [-0.3, -0.25) is 14.8 Å². The molecule has 0 amide bonds. The van der Waals surface area contributed by atoms with Crippen LogP contribution in [0.25, 0.3) is 11.4 Å². The van der Waals surface area contributed by atoms with Crippen LogP contribution < -0.4 is 16.0 Å². The number of aromatic amines is 1. The van der Waals surface area contributed by atoms with Gasteiger partial charge in [-0.2, -0.15) is 5.10 Å². The summed E-state index contributed by atoms with van der Waals surface area (Å²) in [6.07, 6.45) is 1.22. The quantitative estimate of drug-likeness (QED) is 0.309. The number of ether oxygens (including phenoxy) is 1. The number of nitrogens with zero attached hydrogens (tertiary/aromatic N) is 4. The van der Waals surface area contributed by atoms with E-state index in [0.717, 1.165) is 41.7 Å². The highest BCUT2D eigenvalue weighted by molar-refractivity contribution is 9.10. The van der Waals surface area contributed by atoms with Gasteiger partial charge in [-0.15, -0.1) is 0 Å².